The number of para-hydroxylation sites is 1. The number of ether oxygens (including phenoxy) is 1. The summed E-state index contributed by atoms with van der Waals surface area (Å²) in [6.07, 6.45) is 9.49. The van der Waals surface area contributed by atoms with E-state index in [4.69, 9.17) is 4.74 Å². The van der Waals surface area contributed by atoms with E-state index in [0.29, 0.717) is 36.1 Å². The molecule has 1 aliphatic heterocycles. The molecule has 1 aromatic rings. The quantitative estimate of drug-likeness (QED) is 0.330. The average Bonchev–Trinajstić information content (AvgIpc) is 3.35. The van der Waals surface area contributed by atoms with Gasteiger partial charge in [0.05, 0.1) is 18.6 Å². The Morgan fingerprint density at radius 3 is 2.62 bits per heavy atom. The predicted octanol–water partition coefficient (Wildman–Crippen LogP) is 4.57. The molecule has 6 rings (SSSR count). The molecule has 0 radical (unpaired) electrons. The molecule has 4 aliphatic carbocycles. The van der Waals surface area contributed by atoms with Crippen molar-refractivity contribution in [2.24, 2.45) is 23.2 Å². The highest BCUT2D eigenvalue weighted by Crippen LogP contribution is 2.61. The van der Waals surface area contributed by atoms with Gasteiger partial charge in [-0.3, -0.25) is 9.59 Å². The van der Waals surface area contributed by atoms with E-state index in [-0.39, 0.29) is 30.4 Å². The van der Waals surface area contributed by atoms with Crippen molar-refractivity contribution in [2.75, 3.05) is 19.7 Å². The van der Waals surface area contributed by atoms with Crippen molar-refractivity contribution >= 4 is 11.8 Å². The average molecular weight is 553 g/mol. The van der Waals surface area contributed by atoms with Crippen LogP contribution in [-0.4, -0.2) is 64.9 Å². The topological polar surface area (TPSA) is 99.1 Å². The van der Waals surface area contributed by atoms with Gasteiger partial charge in [0.2, 0.25) is 11.8 Å². The van der Waals surface area contributed by atoms with E-state index < -0.39 is 24.2 Å². The lowest BCUT2D eigenvalue weighted by Crippen LogP contribution is -2.59. The maximum absolute atomic E-state index is 13.9. The molecule has 1 heterocycles. The third kappa shape index (κ3) is 5.44. The third-order valence-electron chi connectivity index (χ3n) is 10.5. The maximum Gasteiger partial charge on any atom is 0.247 e. The van der Waals surface area contributed by atoms with Crippen LogP contribution < -0.4 is 10.1 Å². The number of unbranched alkanes of at least 4 members (excludes halogenated alkanes) is 4. The lowest BCUT2D eigenvalue weighted by Gasteiger charge is -2.61. The predicted molar refractivity (Wildman–Crippen MR) is 155 cm³/mol. The number of aliphatic hydroxyl groups excluding tert-OH is 2. The first-order valence-corrected chi connectivity index (χ1v) is 15.6. The zero-order valence-corrected chi connectivity index (χ0v) is 24.5. The highest BCUT2D eigenvalue weighted by Gasteiger charge is 2.56. The maximum atomic E-state index is 13.9. The van der Waals surface area contributed by atoms with E-state index >= 15 is 0 Å². The molecule has 3 N–H and O–H groups in total. The first-order valence-electron chi connectivity index (χ1n) is 15.6. The molecule has 0 aromatic heterocycles. The number of fused-ring (bicyclic) bond motifs is 5. The van der Waals surface area contributed by atoms with Crippen LogP contribution in [-0.2, 0) is 9.59 Å². The van der Waals surface area contributed by atoms with Gasteiger partial charge in [0.25, 0.3) is 0 Å². The summed E-state index contributed by atoms with van der Waals surface area (Å²) in [4.78, 5) is 29.3. The van der Waals surface area contributed by atoms with Gasteiger partial charge in [0, 0.05) is 30.6 Å². The smallest absolute Gasteiger partial charge is 0.247 e. The van der Waals surface area contributed by atoms with Crippen LogP contribution in [0.1, 0.15) is 90.0 Å². The Bertz CT molecular complexity index is 1100. The number of rotatable bonds is 12. The molecule has 7 atom stereocenters. The highest BCUT2D eigenvalue weighted by atomic mass is 16.5. The number of aliphatic hydroxyl groups is 2. The minimum absolute atomic E-state index is 0.0557. The van der Waals surface area contributed by atoms with Crippen LogP contribution in [0.5, 0.6) is 5.75 Å². The van der Waals surface area contributed by atoms with Gasteiger partial charge in [-0.15, -0.1) is 0 Å². The Balaban J connectivity index is 1.45. The van der Waals surface area contributed by atoms with Crippen LogP contribution in [0, 0.1) is 23.2 Å². The number of hydrogen-bond acceptors (Lipinski definition) is 5. The van der Waals surface area contributed by atoms with Gasteiger partial charge >= 0.3 is 0 Å². The van der Waals surface area contributed by atoms with E-state index in [1.807, 2.05) is 35.2 Å². The van der Waals surface area contributed by atoms with Crippen LogP contribution in [0.2, 0.25) is 0 Å². The third-order valence-corrected chi connectivity index (χ3v) is 10.5. The fourth-order valence-corrected chi connectivity index (χ4v) is 8.04. The monoisotopic (exact) mass is 552 g/mol. The lowest BCUT2D eigenvalue weighted by atomic mass is 9.45. The largest absolute Gasteiger partial charge is 0.486 e. The van der Waals surface area contributed by atoms with Crippen LogP contribution in [0.25, 0.3) is 0 Å². The van der Waals surface area contributed by atoms with Gasteiger partial charge in [-0.2, -0.15) is 0 Å². The zero-order valence-electron chi connectivity index (χ0n) is 24.5. The standard InChI is InChI=1S/C33H48N2O5/c1-4-5-6-7-8-13-28(37)35(20-21-14-15-22-18-25(21)33(22,2)3)26-19-24(32(39)34-16-17-36)29-23-11-9-10-12-27(23)40-31(29)30(26)38/h9-12,19,21-22,25-26,29-31,36,38H,4-8,13-18,20H2,1-3H3,(H,34,39). The minimum Gasteiger partial charge on any atom is -0.486 e. The van der Waals surface area contributed by atoms with Gasteiger partial charge in [-0.25, -0.2) is 0 Å². The molecule has 5 aliphatic rings. The molecule has 1 aromatic carbocycles. The lowest BCUT2D eigenvalue weighted by molar-refractivity contribution is -0.146. The number of amides is 2. The van der Waals surface area contributed by atoms with Crippen molar-refractivity contribution in [3.8, 4) is 5.75 Å². The molecule has 7 unspecified atom stereocenters. The first kappa shape index (κ1) is 29.1. The summed E-state index contributed by atoms with van der Waals surface area (Å²) < 4.78 is 6.29. The highest BCUT2D eigenvalue weighted by molar-refractivity contribution is 5.96. The summed E-state index contributed by atoms with van der Waals surface area (Å²) in [5.41, 5.74) is 1.67. The van der Waals surface area contributed by atoms with Crippen molar-refractivity contribution in [3.63, 3.8) is 0 Å². The molecule has 40 heavy (non-hydrogen) atoms. The van der Waals surface area contributed by atoms with Crippen LogP contribution in [0.15, 0.2) is 35.9 Å². The number of carbonyl (C=O) groups excluding carboxylic acids is 2. The van der Waals surface area contributed by atoms with Gasteiger partial charge < -0.3 is 25.2 Å². The van der Waals surface area contributed by atoms with Gasteiger partial charge in [-0.1, -0.05) is 64.7 Å². The summed E-state index contributed by atoms with van der Waals surface area (Å²) >= 11 is 0. The molecular formula is C33H48N2O5. The van der Waals surface area contributed by atoms with Crippen LogP contribution in [0.3, 0.4) is 0 Å². The van der Waals surface area contributed by atoms with E-state index in [2.05, 4.69) is 26.1 Å². The van der Waals surface area contributed by atoms with Crippen molar-refractivity contribution in [1.29, 1.82) is 0 Å². The number of benzene rings is 1. The Labute approximate surface area is 239 Å². The molecule has 0 saturated heterocycles. The number of carbonyl (C=O) groups is 2. The van der Waals surface area contributed by atoms with Gasteiger partial charge in [-0.05, 0) is 61.0 Å². The van der Waals surface area contributed by atoms with Crippen molar-refractivity contribution < 1.29 is 24.5 Å². The molecule has 7 heteroatoms. The van der Waals surface area contributed by atoms with Crippen molar-refractivity contribution in [1.82, 2.24) is 10.2 Å². The Hall–Kier alpha value is -2.38. The second kappa shape index (κ2) is 12.2. The SMILES string of the molecule is CCCCCCCC(=O)N(CC1CCC2CC1C2(C)C)C1C=C(C(=O)NCCO)C2c3ccccc3OC2C1O. The fraction of sp³-hybridized carbons (Fsp3) is 0.697. The molecule has 3 fully saturated rings. The van der Waals surface area contributed by atoms with E-state index in [1.165, 1.54) is 19.3 Å². The Morgan fingerprint density at radius 1 is 1.12 bits per heavy atom. The first-order chi connectivity index (χ1) is 19.3. The molecule has 0 spiro atoms. The summed E-state index contributed by atoms with van der Waals surface area (Å²) in [5, 5.41) is 24.0. The Morgan fingerprint density at radius 2 is 1.90 bits per heavy atom. The van der Waals surface area contributed by atoms with Crippen molar-refractivity contribution in [3.05, 3.63) is 41.5 Å². The molecule has 2 amide bonds. The number of nitrogens with zero attached hydrogens (tertiary/aromatic N) is 1. The van der Waals surface area contributed by atoms with Crippen LogP contribution >= 0.6 is 0 Å². The van der Waals surface area contributed by atoms with E-state index in [9.17, 15) is 19.8 Å². The summed E-state index contributed by atoms with van der Waals surface area (Å²) in [6.45, 7) is 7.50. The zero-order chi connectivity index (χ0) is 28.4. The van der Waals surface area contributed by atoms with E-state index in [0.717, 1.165) is 43.6 Å². The summed E-state index contributed by atoms with van der Waals surface area (Å²) in [7, 11) is 0. The molecule has 7 nitrogen and oxygen atoms in total. The Kier molecular flexibility index (Phi) is 8.91. The number of hydrogen-bond donors (Lipinski definition) is 3. The number of nitrogens with one attached hydrogen (secondary N) is 1. The molecular weight excluding hydrogens is 504 g/mol. The fourth-order valence-electron chi connectivity index (χ4n) is 8.04. The molecule has 2 bridgehead atoms. The van der Waals surface area contributed by atoms with Gasteiger partial charge in [0.1, 0.15) is 18.0 Å². The summed E-state index contributed by atoms with van der Waals surface area (Å²) in [5.74, 6) is 1.74. The molecule has 3 saturated carbocycles. The second-order valence-corrected chi connectivity index (χ2v) is 13.1. The molecule has 220 valence electrons. The van der Waals surface area contributed by atoms with Crippen molar-refractivity contribution in [2.45, 2.75) is 103 Å². The minimum atomic E-state index is -0.957. The van der Waals surface area contributed by atoms with Crippen LogP contribution in [0.4, 0.5) is 0 Å². The van der Waals surface area contributed by atoms with Gasteiger partial charge in [0.15, 0.2) is 0 Å². The van der Waals surface area contributed by atoms with E-state index in [1.54, 1.807) is 0 Å². The summed E-state index contributed by atoms with van der Waals surface area (Å²) in [6, 6.07) is 6.97. The second-order valence-electron chi connectivity index (χ2n) is 13.1. The normalized spacial score (nSPS) is 31.2.